The summed E-state index contributed by atoms with van der Waals surface area (Å²) in [5.74, 6) is 5.18. The Morgan fingerprint density at radius 3 is 2.32 bits per heavy atom. The molecule has 6 saturated carbocycles. The largest absolute Gasteiger partial charge is 0.345 e. The summed E-state index contributed by atoms with van der Waals surface area (Å²) < 4.78 is 14.1. The fraction of sp³-hybridized carbons (Fsp3) is 0.826. The summed E-state index contributed by atoms with van der Waals surface area (Å²) in [6.45, 7) is 0.784. The number of hydrogen-bond donors (Lipinski definition) is 0. The lowest BCUT2D eigenvalue weighted by molar-refractivity contribution is -0.283. The van der Waals surface area contributed by atoms with E-state index in [1.165, 1.54) is 44.9 Å². The van der Waals surface area contributed by atoms with Crippen LogP contribution in [-0.2, 0) is 9.47 Å². The zero-order valence-corrected chi connectivity index (χ0v) is 14.7. The van der Waals surface area contributed by atoms with Crippen LogP contribution in [0.25, 0.3) is 0 Å². The summed E-state index contributed by atoms with van der Waals surface area (Å²) in [6.07, 6.45) is 19.5. The second-order valence-corrected chi connectivity index (χ2v) is 11.1. The maximum atomic E-state index is 7.30. The van der Waals surface area contributed by atoms with Crippen molar-refractivity contribution in [3.63, 3.8) is 0 Å². The highest BCUT2D eigenvalue weighted by Crippen LogP contribution is 3.06. The molecule has 10 rings (SSSR count). The molecule has 4 bridgehead atoms. The van der Waals surface area contributed by atoms with Gasteiger partial charge in [-0.1, -0.05) is 37.1 Å². The van der Waals surface area contributed by atoms with Crippen LogP contribution in [0.2, 0.25) is 0 Å². The summed E-state index contributed by atoms with van der Waals surface area (Å²) in [5, 5.41) is 0. The average molecular weight is 334 g/mol. The molecule has 2 saturated heterocycles. The predicted molar refractivity (Wildman–Crippen MR) is 91.3 cm³/mol. The van der Waals surface area contributed by atoms with Gasteiger partial charge in [0.15, 0.2) is 5.79 Å². The van der Waals surface area contributed by atoms with E-state index in [-0.39, 0.29) is 11.4 Å². The van der Waals surface area contributed by atoms with E-state index < -0.39 is 0 Å². The van der Waals surface area contributed by atoms with Gasteiger partial charge in [-0.25, -0.2) is 0 Å². The molecule has 0 aromatic rings. The molecule has 2 heteroatoms. The molecule has 7 aliphatic carbocycles. The number of ether oxygens (including phenoxy) is 2. The van der Waals surface area contributed by atoms with Gasteiger partial charge in [-0.2, -0.15) is 0 Å². The van der Waals surface area contributed by atoms with Crippen molar-refractivity contribution in [2.24, 2.45) is 51.8 Å². The van der Waals surface area contributed by atoms with Gasteiger partial charge in [-0.05, 0) is 61.2 Å². The molecule has 3 heterocycles. The highest BCUT2D eigenvalue weighted by Gasteiger charge is 3.09. The quantitative estimate of drug-likeness (QED) is 0.622. The molecule has 2 nitrogen and oxygen atoms in total. The number of rotatable bonds is 0. The van der Waals surface area contributed by atoms with E-state index in [9.17, 15) is 0 Å². The van der Waals surface area contributed by atoms with Gasteiger partial charge in [0.1, 0.15) is 0 Å². The molecule has 130 valence electrons. The summed E-state index contributed by atoms with van der Waals surface area (Å²) >= 11 is 0. The highest BCUT2D eigenvalue weighted by atomic mass is 16.7. The van der Waals surface area contributed by atoms with Crippen molar-refractivity contribution in [2.75, 3.05) is 6.61 Å². The minimum absolute atomic E-state index is 0.157. The Morgan fingerprint density at radius 1 is 0.680 bits per heavy atom. The van der Waals surface area contributed by atoms with E-state index in [1.54, 1.807) is 0 Å². The summed E-state index contributed by atoms with van der Waals surface area (Å²) in [5.41, 5.74) is 1.61. The van der Waals surface area contributed by atoms with Crippen LogP contribution in [0.4, 0.5) is 0 Å². The molecule has 3 aliphatic heterocycles. The third-order valence-electron chi connectivity index (χ3n) is 11.8. The number of hydrogen-bond acceptors (Lipinski definition) is 2. The van der Waals surface area contributed by atoms with Gasteiger partial charge in [0.2, 0.25) is 0 Å². The monoisotopic (exact) mass is 334 g/mol. The van der Waals surface area contributed by atoms with Gasteiger partial charge in [0.25, 0.3) is 0 Å². The second kappa shape index (κ2) is 3.11. The lowest BCUT2D eigenvalue weighted by atomic mass is 9.34. The highest BCUT2D eigenvalue weighted by molar-refractivity contribution is 5.55. The van der Waals surface area contributed by atoms with E-state index in [0.717, 1.165) is 42.1 Å². The Kier molecular flexibility index (Phi) is 1.59. The van der Waals surface area contributed by atoms with Crippen molar-refractivity contribution in [1.82, 2.24) is 0 Å². The molecule has 0 N–H and O–H groups in total. The Bertz CT molecular complexity index is 822. The van der Waals surface area contributed by atoms with Crippen LogP contribution in [-0.4, -0.2) is 18.0 Å². The van der Waals surface area contributed by atoms with E-state index in [4.69, 9.17) is 9.47 Å². The molecule has 0 amide bonds. The molecular formula is C23H26O2. The first-order valence-electron chi connectivity index (χ1n) is 11.0. The Hall–Kier alpha value is -0.600. The van der Waals surface area contributed by atoms with Crippen molar-refractivity contribution < 1.29 is 9.47 Å². The Balaban J connectivity index is 1.44. The van der Waals surface area contributed by atoms with Crippen LogP contribution in [0.1, 0.15) is 44.9 Å². The second-order valence-electron chi connectivity index (χ2n) is 11.1. The zero-order valence-electron chi connectivity index (χ0n) is 14.7. The van der Waals surface area contributed by atoms with Crippen molar-refractivity contribution in [1.29, 1.82) is 0 Å². The smallest absolute Gasteiger partial charge is 0.179 e. The van der Waals surface area contributed by atoms with E-state index in [1.807, 2.05) is 0 Å². The van der Waals surface area contributed by atoms with Gasteiger partial charge in [0, 0.05) is 22.7 Å². The van der Waals surface area contributed by atoms with Crippen molar-refractivity contribution in [3.8, 4) is 0 Å². The molecule has 0 aromatic heterocycles. The van der Waals surface area contributed by atoms with E-state index >= 15 is 0 Å². The van der Waals surface area contributed by atoms with Gasteiger partial charge < -0.3 is 9.47 Å². The molecule has 6 unspecified atom stereocenters. The molecule has 5 spiro atoms. The molecule has 0 aromatic carbocycles. The maximum Gasteiger partial charge on any atom is 0.179 e. The minimum atomic E-state index is -0.208. The third-order valence-corrected chi connectivity index (χ3v) is 11.8. The fourth-order valence-corrected chi connectivity index (χ4v) is 12.5. The topological polar surface area (TPSA) is 18.5 Å². The summed E-state index contributed by atoms with van der Waals surface area (Å²) in [4.78, 5) is 0. The standard InChI is InChI=1S/C23H26O2/c1-2-8-19(7-1)13-15-16-14(19)18-17(13)22-11-4-3-9-20(15,22)21(16)10-5-6-12-24-23(18,21)25-22/h3-6,13-18H,1-2,7-12H2/t13?,14?,15?,16?,17?,18?,20-,21+,22-,23+/m0/s1. The van der Waals surface area contributed by atoms with Gasteiger partial charge >= 0.3 is 0 Å². The molecule has 0 radical (unpaired) electrons. The van der Waals surface area contributed by atoms with Crippen LogP contribution in [0.15, 0.2) is 24.3 Å². The zero-order chi connectivity index (χ0) is 15.9. The SMILES string of the molecule is C1=CC[C@@]23C4C5C6C7C(C4[C@@]24CC=CC[C@]74O[C@]63OC1)C51CCCC1. The van der Waals surface area contributed by atoms with Crippen molar-refractivity contribution >= 4 is 0 Å². The molecule has 10 atom stereocenters. The summed E-state index contributed by atoms with van der Waals surface area (Å²) in [6, 6.07) is 0. The van der Waals surface area contributed by atoms with Crippen LogP contribution in [0.3, 0.4) is 0 Å². The average Bonchev–Trinajstić information content (AvgIpc) is 3.34. The maximum absolute atomic E-state index is 7.30. The van der Waals surface area contributed by atoms with Gasteiger partial charge in [-0.15, -0.1) is 0 Å². The van der Waals surface area contributed by atoms with E-state index in [0.29, 0.717) is 16.2 Å². The lowest BCUT2D eigenvalue weighted by Crippen LogP contribution is -2.70. The first-order chi connectivity index (χ1) is 12.3. The third kappa shape index (κ3) is 0.739. The van der Waals surface area contributed by atoms with Gasteiger partial charge in [-0.3, -0.25) is 0 Å². The predicted octanol–water partition coefficient (Wildman–Crippen LogP) is 4.08. The Morgan fingerprint density at radius 2 is 1.40 bits per heavy atom. The molecule has 8 fully saturated rings. The van der Waals surface area contributed by atoms with Crippen molar-refractivity contribution in [3.05, 3.63) is 24.3 Å². The van der Waals surface area contributed by atoms with Crippen LogP contribution >= 0.6 is 0 Å². The summed E-state index contributed by atoms with van der Waals surface area (Å²) in [7, 11) is 0. The van der Waals surface area contributed by atoms with E-state index in [2.05, 4.69) is 24.3 Å². The van der Waals surface area contributed by atoms with Crippen LogP contribution in [0.5, 0.6) is 0 Å². The van der Waals surface area contributed by atoms with Crippen LogP contribution in [0, 0.1) is 51.8 Å². The molecule has 25 heavy (non-hydrogen) atoms. The molecule has 10 aliphatic rings. The van der Waals surface area contributed by atoms with Crippen LogP contribution < -0.4 is 0 Å². The fourth-order valence-electron chi connectivity index (χ4n) is 12.5. The molecular weight excluding hydrogens is 308 g/mol. The minimum Gasteiger partial charge on any atom is -0.345 e. The first-order valence-corrected chi connectivity index (χ1v) is 11.0. The van der Waals surface area contributed by atoms with Crippen molar-refractivity contribution in [2.45, 2.75) is 56.3 Å². The normalized spacial score (nSPS) is 72.6. The first kappa shape index (κ1) is 12.7. The lowest BCUT2D eigenvalue weighted by Gasteiger charge is -2.67. The number of allylic oxidation sites excluding steroid dienone is 2. The Labute approximate surface area is 149 Å². The van der Waals surface area contributed by atoms with Gasteiger partial charge in [0.05, 0.1) is 12.2 Å².